The number of nitrogens with zero attached hydrogens (tertiary/aromatic N) is 3. The zero-order valence-corrected chi connectivity index (χ0v) is 14.7. The summed E-state index contributed by atoms with van der Waals surface area (Å²) in [7, 11) is 1.93. The first-order valence-corrected chi connectivity index (χ1v) is 8.34. The van der Waals surface area contributed by atoms with Crippen LogP contribution in [0.25, 0.3) is 0 Å². The van der Waals surface area contributed by atoms with Crippen LogP contribution >= 0.6 is 0 Å². The van der Waals surface area contributed by atoms with Gasteiger partial charge in [0.2, 0.25) is 0 Å². The number of anilines is 1. The zero-order chi connectivity index (χ0) is 17.4. The number of unbranched alkanes of at least 4 members (excludes halogenated alkanes) is 1. The third kappa shape index (κ3) is 6.32. The Bertz CT molecular complexity index is 646. The Morgan fingerprint density at radius 3 is 2.67 bits per heavy atom. The van der Waals surface area contributed by atoms with Crippen LogP contribution in [0.3, 0.4) is 0 Å². The number of guanidine groups is 1. The lowest BCUT2D eigenvalue weighted by Gasteiger charge is -2.10. The Hall–Kier alpha value is -2.50. The smallest absolute Gasteiger partial charge is 0.193 e. The van der Waals surface area contributed by atoms with E-state index in [9.17, 15) is 0 Å². The molecule has 0 saturated carbocycles. The number of hydrogen-bond donors (Lipinski definition) is 2. The summed E-state index contributed by atoms with van der Waals surface area (Å²) in [5, 5.41) is 7.26. The van der Waals surface area contributed by atoms with Gasteiger partial charge in [-0.1, -0.05) is 0 Å². The fourth-order valence-corrected chi connectivity index (χ4v) is 2.32. The molecule has 0 spiro atoms. The zero-order valence-electron chi connectivity index (χ0n) is 14.7. The Morgan fingerprint density at radius 1 is 1.29 bits per heavy atom. The molecule has 1 aromatic carbocycles. The summed E-state index contributed by atoms with van der Waals surface area (Å²) in [4.78, 5) is 4.36. The maximum atomic E-state index is 5.92. The van der Waals surface area contributed by atoms with Crippen LogP contribution in [0.5, 0.6) is 5.75 Å². The molecule has 130 valence electrons. The van der Waals surface area contributed by atoms with Gasteiger partial charge in [0.15, 0.2) is 5.96 Å². The molecular formula is C18H27N5O. The third-order valence-electron chi connectivity index (χ3n) is 3.41. The van der Waals surface area contributed by atoms with Crippen molar-refractivity contribution < 1.29 is 4.74 Å². The van der Waals surface area contributed by atoms with E-state index >= 15 is 0 Å². The monoisotopic (exact) mass is 329 g/mol. The van der Waals surface area contributed by atoms with Gasteiger partial charge in [-0.2, -0.15) is 5.10 Å². The van der Waals surface area contributed by atoms with E-state index in [1.54, 1.807) is 0 Å². The van der Waals surface area contributed by atoms with E-state index in [1.165, 1.54) is 5.56 Å². The second-order valence-electron chi connectivity index (χ2n) is 6.06. The quantitative estimate of drug-likeness (QED) is 0.443. The van der Waals surface area contributed by atoms with Crippen LogP contribution in [0.1, 0.15) is 32.3 Å². The van der Waals surface area contributed by atoms with E-state index in [4.69, 9.17) is 10.5 Å². The summed E-state index contributed by atoms with van der Waals surface area (Å²) in [5.41, 5.74) is 8.08. The summed E-state index contributed by atoms with van der Waals surface area (Å²) in [6, 6.07) is 7.71. The molecule has 1 aromatic heterocycles. The molecule has 3 N–H and O–H groups in total. The average molecular weight is 329 g/mol. The molecule has 0 aliphatic carbocycles. The molecule has 2 aromatic rings. The highest BCUT2D eigenvalue weighted by Gasteiger charge is 2.00. The van der Waals surface area contributed by atoms with Gasteiger partial charge in [-0.25, -0.2) is 0 Å². The van der Waals surface area contributed by atoms with E-state index in [-0.39, 0.29) is 6.10 Å². The first kappa shape index (κ1) is 17.8. The minimum atomic E-state index is 0.169. The molecule has 0 radical (unpaired) electrons. The Morgan fingerprint density at radius 2 is 2.04 bits per heavy atom. The highest BCUT2D eigenvalue weighted by molar-refractivity contribution is 5.92. The molecule has 0 amide bonds. The van der Waals surface area contributed by atoms with Crippen LogP contribution in [0, 0.1) is 0 Å². The molecule has 0 aliphatic heterocycles. The van der Waals surface area contributed by atoms with Gasteiger partial charge >= 0.3 is 0 Å². The van der Waals surface area contributed by atoms with Crippen molar-refractivity contribution in [2.75, 3.05) is 11.9 Å². The first-order chi connectivity index (χ1) is 11.5. The van der Waals surface area contributed by atoms with E-state index in [0.717, 1.165) is 30.7 Å². The molecule has 6 heteroatoms. The number of aromatic nitrogens is 2. The van der Waals surface area contributed by atoms with Gasteiger partial charge in [-0.05, 0) is 62.9 Å². The molecule has 0 bridgehead atoms. The van der Waals surface area contributed by atoms with Gasteiger partial charge in [0, 0.05) is 25.5 Å². The van der Waals surface area contributed by atoms with Crippen molar-refractivity contribution in [1.82, 2.24) is 9.78 Å². The average Bonchev–Trinajstić information content (AvgIpc) is 2.94. The van der Waals surface area contributed by atoms with Gasteiger partial charge < -0.3 is 15.8 Å². The van der Waals surface area contributed by atoms with Crippen LogP contribution in [0.15, 0.2) is 41.7 Å². The highest BCUT2D eigenvalue weighted by Crippen LogP contribution is 2.16. The van der Waals surface area contributed by atoms with Gasteiger partial charge in [0.1, 0.15) is 5.75 Å². The predicted molar refractivity (Wildman–Crippen MR) is 98.5 cm³/mol. The summed E-state index contributed by atoms with van der Waals surface area (Å²) in [5.74, 6) is 1.29. The van der Waals surface area contributed by atoms with E-state index in [2.05, 4.69) is 15.4 Å². The fourth-order valence-electron chi connectivity index (χ4n) is 2.32. The van der Waals surface area contributed by atoms with Crippen LogP contribution in [0.2, 0.25) is 0 Å². The molecule has 6 nitrogen and oxygen atoms in total. The second-order valence-corrected chi connectivity index (χ2v) is 6.06. The number of hydrogen-bond acceptors (Lipinski definition) is 3. The first-order valence-electron chi connectivity index (χ1n) is 8.34. The van der Waals surface area contributed by atoms with Crippen LogP contribution in [0.4, 0.5) is 5.69 Å². The lowest BCUT2D eigenvalue weighted by atomic mass is 10.1. The molecule has 24 heavy (non-hydrogen) atoms. The number of nitrogens with two attached hydrogens (primary N) is 1. The SMILES string of the molecule is CC(C)Oc1ccc(NC(N)=NCCCCc2cnn(C)c2)cc1. The summed E-state index contributed by atoms with van der Waals surface area (Å²) in [6.07, 6.45) is 7.22. The van der Waals surface area contributed by atoms with Crippen LogP contribution < -0.4 is 15.8 Å². The van der Waals surface area contributed by atoms with Crippen molar-refractivity contribution in [2.24, 2.45) is 17.8 Å². The topological polar surface area (TPSA) is 77.5 Å². The minimum absolute atomic E-state index is 0.169. The number of benzene rings is 1. The summed E-state index contributed by atoms with van der Waals surface area (Å²) >= 11 is 0. The molecule has 0 aliphatic rings. The summed E-state index contributed by atoms with van der Waals surface area (Å²) in [6.45, 7) is 4.73. The lowest BCUT2D eigenvalue weighted by molar-refractivity contribution is 0.242. The van der Waals surface area contributed by atoms with Gasteiger partial charge in [0.05, 0.1) is 12.3 Å². The number of aryl methyl sites for hydroxylation is 2. The number of ether oxygens (including phenoxy) is 1. The number of rotatable bonds is 8. The van der Waals surface area contributed by atoms with Gasteiger partial charge in [0.25, 0.3) is 0 Å². The molecule has 1 heterocycles. The van der Waals surface area contributed by atoms with Crippen LogP contribution in [-0.4, -0.2) is 28.4 Å². The summed E-state index contributed by atoms with van der Waals surface area (Å²) < 4.78 is 7.43. The Kier molecular flexibility index (Phi) is 6.66. The number of nitrogens with one attached hydrogen (secondary N) is 1. The third-order valence-corrected chi connectivity index (χ3v) is 3.41. The van der Waals surface area contributed by atoms with Crippen molar-refractivity contribution in [3.8, 4) is 5.75 Å². The van der Waals surface area contributed by atoms with Crippen molar-refractivity contribution >= 4 is 11.6 Å². The highest BCUT2D eigenvalue weighted by atomic mass is 16.5. The second kappa shape index (κ2) is 8.96. The largest absolute Gasteiger partial charge is 0.491 e. The normalized spacial score (nSPS) is 11.8. The van der Waals surface area contributed by atoms with Crippen molar-refractivity contribution in [2.45, 2.75) is 39.2 Å². The van der Waals surface area contributed by atoms with E-state index < -0.39 is 0 Å². The Balaban J connectivity index is 1.69. The van der Waals surface area contributed by atoms with Crippen molar-refractivity contribution in [1.29, 1.82) is 0 Å². The van der Waals surface area contributed by atoms with E-state index in [1.807, 2.05) is 62.2 Å². The van der Waals surface area contributed by atoms with Crippen molar-refractivity contribution in [3.63, 3.8) is 0 Å². The molecule has 0 atom stereocenters. The molecule has 0 unspecified atom stereocenters. The van der Waals surface area contributed by atoms with Crippen LogP contribution in [-0.2, 0) is 13.5 Å². The van der Waals surface area contributed by atoms with Gasteiger partial charge in [-0.15, -0.1) is 0 Å². The fraction of sp³-hybridized carbons (Fsp3) is 0.444. The van der Waals surface area contributed by atoms with Gasteiger partial charge in [-0.3, -0.25) is 9.67 Å². The maximum Gasteiger partial charge on any atom is 0.193 e. The predicted octanol–water partition coefficient (Wildman–Crippen LogP) is 2.96. The minimum Gasteiger partial charge on any atom is -0.491 e. The molecule has 2 rings (SSSR count). The maximum absolute atomic E-state index is 5.92. The Labute approximate surface area is 143 Å². The molecule has 0 fully saturated rings. The van der Waals surface area contributed by atoms with Crippen molar-refractivity contribution in [3.05, 3.63) is 42.2 Å². The van der Waals surface area contributed by atoms with E-state index in [0.29, 0.717) is 12.5 Å². The number of aliphatic imine (C=N–C) groups is 1. The standard InChI is InChI=1S/C18H27N5O/c1-14(2)24-17-9-7-16(8-10-17)22-18(19)20-11-5-4-6-15-12-21-23(3)13-15/h7-10,12-14H,4-6,11H2,1-3H3,(H3,19,20,22). The lowest BCUT2D eigenvalue weighted by Crippen LogP contribution is -2.22. The molecule has 0 saturated heterocycles. The molecular weight excluding hydrogens is 302 g/mol.